The van der Waals surface area contributed by atoms with E-state index in [9.17, 15) is 5.11 Å². The molecule has 0 aliphatic carbocycles. The topological polar surface area (TPSA) is 62.0 Å². The average molecular weight is 214 g/mol. The van der Waals surface area contributed by atoms with Crippen LogP contribution in [0.4, 0.5) is 0 Å². The van der Waals surface area contributed by atoms with E-state index >= 15 is 0 Å². The number of rotatable bonds is 1. The first-order valence-corrected chi connectivity index (χ1v) is 4.98. The SMILES string of the molecule is Cc1cc(-c2ccc3cc(O)[nH]c3c2)on1. The Bertz CT molecular complexity index is 652. The van der Waals surface area contributed by atoms with Crippen LogP contribution in [0.1, 0.15) is 5.69 Å². The zero-order valence-electron chi connectivity index (χ0n) is 8.69. The van der Waals surface area contributed by atoms with Crippen LogP contribution in [-0.2, 0) is 0 Å². The largest absolute Gasteiger partial charge is 0.495 e. The van der Waals surface area contributed by atoms with Gasteiger partial charge in [0.1, 0.15) is 0 Å². The second kappa shape index (κ2) is 3.13. The molecule has 4 heteroatoms. The Kier molecular flexibility index (Phi) is 1.77. The van der Waals surface area contributed by atoms with Crippen LogP contribution in [0.5, 0.6) is 5.88 Å². The summed E-state index contributed by atoms with van der Waals surface area (Å²) in [6.45, 7) is 1.88. The summed E-state index contributed by atoms with van der Waals surface area (Å²) in [5.41, 5.74) is 2.67. The van der Waals surface area contributed by atoms with Crippen molar-refractivity contribution in [2.75, 3.05) is 0 Å². The molecule has 4 nitrogen and oxygen atoms in total. The van der Waals surface area contributed by atoms with Crippen LogP contribution in [-0.4, -0.2) is 15.2 Å². The smallest absolute Gasteiger partial charge is 0.189 e. The lowest BCUT2D eigenvalue weighted by molar-refractivity contribution is 0.427. The van der Waals surface area contributed by atoms with E-state index in [4.69, 9.17) is 4.52 Å². The monoisotopic (exact) mass is 214 g/mol. The highest BCUT2D eigenvalue weighted by molar-refractivity contribution is 5.85. The molecular formula is C12H10N2O2. The zero-order valence-corrected chi connectivity index (χ0v) is 8.69. The van der Waals surface area contributed by atoms with Gasteiger partial charge < -0.3 is 14.6 Å². The summed E-state index contributed by atoms with van der Waals surface area (Å²) in [7, 11) is 0. The van der Waals surface area contributed by atoms with Gasteiger partial charge in [-0.15, -0.1) is 0 Å². The molecule has 0 amide bonds. The van der Waals surface area contributed by atoms with Gasteiger partial charge in [0.2, 0.25) is 0 Å². The predicted octanol–water partition coefficient (Wildman–Crippen LogP) is 2.84. The van der Waals surface area contributed by atoms with Crippen molar-refractivity contribution in [3.63, 3.8) is 0 Å². The van der Waals surface area contributed by atoms with Crippen molar-refractivity contribution in [2.24, 2.45) is 0 Å². The standard InChI is InChI=1S/C12H10N2O2/c1-7-4-11(16-14-7)9-3-2-8-6-12(15)13-10(8)5-9/h2-6,13,15H,1H3. The van der Waals surface area contributed by atoms with Crippen LogP contribution < -0.4 is 0 Å². The number of fused-ring (bicyclic) bond motifs is 1. The first-order chi connectivity index (χ1) is 7.72. The molecule has 0 fully saturated rings. The molecule has 0 aliphatic rings. The molecule has 16 heavy (non-hydrogen) atoms. The molecule has 0 radical (unpaired) electrons. The van der Waals surface area contributed by atoms with Gasteiger partial charge in [-0.3, -0.25) is 0 Å². The first-order valence-electron chi connectivity index (χ1n) is 4.98. The van der Waals surface area contributed by atoms with Gasteiger partial charge in [-0.05, 0) is 13.0 Å². The van der Waals surface area contributed by atoms with Crippen molar-refractivity contribution in [1.29, 1.82) is 0 Å². The maximum Gasteiger partial charge on any atom is 0.189 e. The van der Waals surface area contributed by atoms with Crippen LogP contribution in [0, 0.1) is 6.92 Å². The molecule has 2 aromatic heterocycles. The van der Waals surface area contributed by atoms with Crippen molar-refractivity contribution >= 4 is 10.9 Å². The molecule has 0 spiro atoms. The number of hydrogen-bond donors (Lipinski definition) is 2. The summed E-state index contributed by atoms with van der Waals surface area (Å²) in [5.74, 6) is 0.898. The number of nitrogens with one attached hydrogen (secondary N) is 1. The van der Waals surface area contributed by atoms with E-state index in [0.29, 0.717) is 0 Å². The summed E-state index contributed by atoms with van der Waals surface area (Å²) in [6.07, 6.45) is 0. The molecule has 0 bridgehead atoms. The Labute approximate surface area is 91.5 Å². The Morgan fingerprint density at radius 2 is 2.12 bits per heavy atom. The van der Waals surface area contributed by atoms with E-state index in [1.54, 1.807) is 6.07 Å². The minimum Gasteiger partial charge on any atom is -0.495 e. The summed E-state index contributed by atoms with van der Waals surface area (Å²) < 4.78 is 5.18. The molecule has 0 saturated carbocycles. The van der Waals surface area contributed by atoms with Crippen molar-refractivity contribution in [2.45, 2.75) is 6.92 Å². The summed E-state index contributed by atoms with van der Waals surface area (Å²) in [4.78, 5) is 2.87. The third-order valence-corrected chi connectivity index (χ3v) is 2.52. The fraction of sp³-hybridized carbons (Fsp3) is 0.0833. The molecule has 0 aliphatic heterocycles. The van der Waals surface area contributed by atoms with E-state index in [-0.39, 0.29) is 5.88 Å². The van der Waals surface area contributed by atoms with Gasteiger partial charge in [-0.25, -0.2) is 0 Å². The van der Waals surface area contributed by atoms with Gasteiger partial charge in [0, 0.05) is 28.6 Å². The Balaban J connectivity index is 2.17. The molecule has 3 aromatic rings. The zero-order chi connectivity index (χ0) is 11.1. The van der Waals surface area contributed by atoms with Crippen molar-refractivity contribution in [3.8, 4) is 17.2 Å². The summed E-state index contributed by atoms with van der Waals surface area (Å²) in [5, 5.41) is 14.1. The van der Waals surface area contributed by atoms with Gasteiger partial charge in [-0.2, -0.15) is 0 Å². The molecule has 2 heterocycles. The van der Waals surface area contributed by atoms with E-state index in [2.05, 4.69) is 10.1 Å². The molecule has 1 aromatic carbocycles. The normalized spacial score (nSPS) is 11.1. The van der Waals surface area contributed by atoms with Crippen LogP contribution in [0.2, 0.25) is 0 Å². The average Bonchev–Trinajstić information content (AvgIpc) is 2.81. The second-order valence-electron chi connectivity index (χ2n) is 3.79. The fourth-order valence-electron chi connectivity index (χ4n) is 1.76. The highest BCUT2D eigenvalue weighted by Crippen LogP contribution is 2.26. The summed E-state index contributed by atoms with van der Waals surface area (Å²) in [6, 6.07) is 9.36. The number of aromatic amines is 1. The van der Waals surface area contributed by atoms with Crippen LogP contribution >= 0.6 is 0 Å². The molecule has 0 unspecified atom stereocenters. The van der Waals surface area contributed by atoms with Crippen LogP contribution in [0.25, 0.3) is 22.2 Å². The minimum atomic E-state index is 0.168. The lowest BCUT2D eigenvalue weighted by Crippen LogP contribution is -1.74. The number of nitrogens with zero attached hydrogens (tertiary/aromatic N) is 1. The third-order valence-electron chi connectivity index (χ3n) is 2.52. The van der Waals surface area contributed by atoms with Crippen molar-refractivity contribution < 1.29 is 9.63 Å². The molecular weight excluding hydrogens is 204 g/mol. The highest BCUT2D eigenvalue weighted by atomic mass is 16.5. The van der Waals surface area contributed by atoms with Crippen molar-refractivity contribution in [1.82, 2.24) is 10.1 Å². The molecule has 2 N–H and O–H groups in total. The number of benzene rings is 1. The Morgan fingerprint density at radius 3 is 2.88 bits per heavy atom. The maximum absolute atomic E-state index is 9.33. The van der Waals surface area contributed by atoms with E-state index in [1.165, 1.54) is 0 Å². The van der Waals surface area contributed by atoms with Crippen LogP contribution in [0.3, 0.4) is 0 Å². The number of hydrogen-bond acceptors (Lipinski definition) is 3. The van der Waals surface area contributed by atoms with Gasteiger partial charge in [0.15, 0.2) is 11.6 Å². The van der Waals surface area contributed by atoms with E-state index in [0.717, 1.165) is 27.9 Å². The Morgan fingerprint density at radius 1 is 1.25 bits per heavy atom. The number of aryl methyl sites for hydroxylation is 1. The van der Waals surface area contributed by atoms with Gasteiger partial charge in [0.25, 0.3) is 0 Å². The van der Waals surface area contributed by atoms with E-state index in [1.807, 2.05) is 31.2 Å². The lowest BCUT2D eigenvalue weighted by Gasteiger charge is -1.95. The van der Waals surface area contributed by atoms with Crippen LogP contribution in [0.15, 0.2) is 34.9 Å². The van der Waals surface area contributed by atoms with E-state index < -0.39 is 0 Å². The second-order valence-corrected chi connectivity index (χ2v) is 3.79. The fourth-order valence-corrected chi connectivity index (χ4v) is 1.76. The third kappa shape index (κ3) is 1.35. The maximum atomic E-state index is 9.33. The molecule has 80 valence electrons. The number of aromatic nitrogens is 2. The molecule has 0 saturated heterocycles. The van der Waals surface area contributed by atoms with Gasteiger partial charge >= 0.3 is 0 Å². The molecule has 0 atom stereocenters. The quantitative estimate of drug-likeness (QED) is 0.654. The minimum absolute atomic E-state index is 0.168. The van der Waals surface area contributed by atoms with Crippen molar-refractivity contribution in [3.05, 3.63) is 36.0 Å². The number of aromatic hydroxyl groups is 1. The highest BCUT2D eigenvalue weighted by Gasteiger charge is 2.06. The van der Waals surface area contributed by atoms with Gasteiger partial charge in [0.05, 0.1) is 5.69 Å². The number of H-pyrrole nitrogens is 1. The van der Waals surface area contributed by atoms with Gasteiger partial charge in [-0.1, -0.05) is 17.3 Å². The lowest BCUT2D eigenvalue weighted by atomic mass is 10.1. The Hall–Kier alpha value is -2.23. The summed E-state index contributed by atoms with van der Waals surface area (Å²) >= 11 is 0. The predicted molar refractivity (Wildman–Crippen MR) is 60.2 cm³/mol. The first kappa shape index (κ1) is 9.03. The molecule has 3 rings (SSSR count).